The maximum Gasteiger partial charge on any atom is 0.243 e. The number of rotatable bonds is 9. The lowest BCUT2D eigenvalue weighted by Crippen LogP contribution is -2.24. The van der Waals surface area contributed by atoms with E-state index in [0.717, 1.165) is 33.3 Å². The maximum absolute atomic E-state index is 15.9. The summed E-state index contributed by atoms with van der Waals surface area (Å²) in [5.41, 5.74) is 3.81. The first-order chi connectivity index (χ1) is 21.1. The number of ether oxygens (including phenoxy) is 1. The van der Waals surface area contributed by atoms with Crippen LogP contribution < -0.4 is 10.1 Å². The van der Waals surface area contributed by atoms with Crippen molar-refractivity contribution in [2.45, 2.75) is 26.0 Å². The van der Waals surface area contributed by atoms with E-state index in [1.807, 2.05) is 42.9 Å². The zero-order valence-corrected chi connectivity index (χ0v) is 24.9. The second-order valence-electron chi connectivity index (χ2n) is 10.5. The molecule has 0 aliphatic rings. The van der Waals surface area contributed by atoms with Gasteiger partial charge in [0.25, 0.3) is 0 Å². The number of amides is 1. The Morgan fingerprint density at radius 1 is 1.18 bits per heavy atom. The van der Waals surface area contributed by atoms with Crippen LogP contribution in [0.5, 0.6) is 5.75 Å². The summed E-state index contributed by atoms with van der Waals surface area (Å²) >= 11 is 1.43. The largest absolute Gasteiger partial charge is 0.490 e. The van der Waals surface area contributed by atoms with Gasteiger partial charge in [-0.1, -0.05) is 18.7 Å². The number of carbonyl (C=O) groups is 1. The van der Waals surface area contributed by atoms with Crippen LogP contribution in [0.25, 0.3) is 54.8 Å². The molecule has 2 atom stereocenters. The number of thiophene rings is 1. The number of hydrogen-bond acceptors (Lipinski definition) is 7. The molecule has 0 fully saturated rings. The molecule has 0 saturated carbocycles. The lowest BCUT2D eigenvalue weighted by Gasteiger charge is -2.18. The number of carbonyl (C=O) groups excluding carboxylic acids is 1. The van der Waals surface area contributed by atoms with Crippen LogP contribution in [-0.4, -0.2) is 48.7 Å². The van der Waals surface area contributed by atoms with Gasteiger partial charge < -0.3 is 15.2 Å². The van der Waals surface area contributed by atoms with Gasteiger partial charge in [0, 0.05) is 47.3 Å². The van der Waals surface area contributed by atoms with Gasteiger partial charge in [-0.05, 0) is 43.5 Å². The van der Waals surface area contributed by atoms with E-state index in [9.17, 15) is 14.3 Å². The van der Waals surface area contributed by atoms with Gasteiger partial charge in [-0.2, -0.15) is 10.2 Å². The SMILES string of the molecule is C=CC(=O)N[C@@H](C)c1cc(-c2nc(-c3ccc4cn(C)nc4c3)c3sccc3c2-c2c(F)cc(F)cc2OC[C@@H](C)O)n[nH]1. The van der Waals surface area contributed by atoms with Gasteiger partial charge >= 0.3 is 0 Å². The van der Waals surface area contributed by atoms with Crippen LogP contribution in [0.2, 0.25) is 0 Å². The molecule has 9 nitrogen and oxygen atoms in total. The Labute approximate surface area is 254 Å². The third-order valence-electron chi connectivity index (χ3n) is 7.11. The van der Waals surface area contributed by atoms with Crippen LogP contribution in [0.3, 0.4) is 0 Å². The molecular formula is C32H28F2N6O3S. The van der Waals surface area contributed by atoms with Crippen molar-refractivity contribution in [3.05, 3.63) is 84.0 Å². The van der Waals surface area contributed by atoms with Crippen molar-refractivity contribution in [2.75, 3.05) is 6.61 Å². The molecule has 0 spiro atoms. The maximum atomic E-state index is 15.9. The predicted octanol–water partition coefficient (Wildman–Crippen LogP) is 6.31. The van der Waals surface area contributed by atoms with Gasteiger partial charge in [-0.15, -0.1) is 11.3 Å². The predicted molar refractivity (Wildman–Crippen MR) is 166 cm³/mol. The quantitative estimate of drug-likeness (QED) is 0.164. The van der Waals surface area contributed by atoms with E-state index in [0.29, 0.717) is 33.7 Å². The Bertz CT molecular complexity index is 2050. The minimum Gasteiger partial charge on any atom is -0.490 e. The molecule has 3 N–H and O–H groups in total. The number of halogens is 2. The van der Waals surface area contributed by atoms with Gasteiger partial charge in [-0.25, -0.2) is 13.8 Å². The van der Waals surface area contributed by atoms with Crippen molar-refractivity contribution in [1.82, 2.24) is 30.3 Å². The van der Waals surface area contributed by atoms with Crippen molar-refractivity contribution in [3.63, 3.8) is 0 Å². The molecule has 0 radical (unpaired) electrons. The fraction of sp³-hybridized carbons (Fsp3) is 0.188. The number of nitrogens with zero attached hydrogens (tertiary/aromatic N) is 4. The van der Waals surface area contributed by atoms with Crippen LogP contribution >= 0.6 is 11.3 Å². The van der Waals surface area contributed by atoms with E-state index in [1.54, 1.807) is 17.7 Å². The van der Waals surface area contributed by atoms with Crippen LogP contribution in [0, 0.1) is 11.6 Å². The summed E-state index contributed by atoms with van der Waals surface area (Å²) in [5, 5.41) is 28.2. The Hall–Kier alpha value is -4.94. The van der Waals surface area contributed by atoms with Crippen molar-refractivity contribution in [3.8, 4) is 39.5 Å². The van der Waals surface area contributed by atoms with Crippen molar-refractivity contribution >= 4 is 38.2 Å². The highest BCUT2D eigenvalue weighted by Crippen LogP contribution is 2.47. The Morgan fingerprint density at radius 3 is 2.77 bits per heavy atom. The number of hydrogen-bond donors (Lipinski definition) is 3. The van der Waals surface area contributed by atoms with Gasteiger partial charge in [-0.3, -0.25) is 14.6 Å². The van der Waals surface area contributed by atoms with Gasteiger partial charge in [0.1, 0.15) is 29.7 Å². The number of aromatic amines is 1. The van der Waals surface area contributed by atoms with E-state index in [1.165, 1.54) is 24.3 Å². The van der Waals surface area contributed by atoms with Crippen LogP contribution in [0.4, 0.5) is 8.78 Å². The molecule has 0 bridgehead atoms. The normalized spacial score (nSPS) is 12.9. The number of aliphatic hydroxyl groups excluding tert-OH is 1. The average Bonchev–Trinajstić information content (AvgIpc) is 3.74. The van der Waals surface area contributed by atoms with E-state index >= 15 is 4.39 Å². The molecule has 0 unspecified atom stereocenters. The summed E-state index contributed by atoms with van der Waals surface area (Å²) in [7, 11) is 1.85. The van der Waals surface area contributed by atoms with Crippen molar-refractivity contribution in [2.24, 2.45) is 7.05 Å². The molecule has 6 rings (SSSR count). The molecule has 0 aliphatic carbocycles. The molecule has 12 heteroatoms. The summed E-state index contributed by atoms with van der Waals surface area (Å²) < 4.78 is 38.6. The fourth-order valence-electron chi connectivity index (χ4n) is 5.10. The summed E-state index contributed by atoms with van der Waals surface area (Å²) in [6.07, 6.45) is 2.22. The summed E-state index contributed by atoms with van der Waals surface area (Å²) in [4.78, 5) is 17.0. The second-order valence-corrected chi connectivity index (χ2v) is 11.4. The molecule has 0 saturated heterocycles. The number of fused-ring (bicyclic) bond motifs is 2. The van der Waals surface area contributed by atoms with E-state index in [-0.39, 0.29) is 23.8 Å². The van der Waals surface area contributed by atoms with E-state index < -0.39 is 23.8 Å². The number of benzene rings is 2. The standard InChI is InChI=1S/C32H28F2N6O3S/c1-5-27(42)35-17(3)23-13-25(38-37-23)31-28(29-22(34)11-20(33)12-26(29)43-15-16(2)41)21-8-9-44-32(21)30(36-31)18-6-7-19-14-40(4)39-24(19)10-18/h5-14,16-17,41H,1,15H2,2-4H3,(H,35,42)(H,37,38)/t16-,17+/m1/s1. The highest BCUT2D eigenvalue weighted by atomic mass is 32.1. The molecule has 4 heterocycles. The molecule has 6 aromatic rings. The third-order valence-corrected chi connectivity index (χ3v) is 8.03. The van der Waals surface area contributed by atoms with Crippen molar-refractivity contribution in [1.29, 1.82) is 0 Å². The van der Waals surface area contributed by atoms with Gasteiger partial charge in [0.2, 0.25) is 5.91 Å². The Morgan fingerprint density at radius 2 is 2.00 bits per heavy atom. The molecule has 224 valence electrons. The highest BCUT2D eigenvalue weighted by molar-refractivity contribution is 7.17. The third kappa shape index (κ3) is 5.45. The number of aromatic nitrogens is 5. The molecule has 44 heavy (non-hydrogen) atoms. The van der Waals surface area contributed by atoms with Gasteiger partial charge in [0.15, 0.2) is 0 Å². The lowest BCUT2D eigenvalue weighted by molar-refractivity contribution is -0.117. The minimum absolute atomic E-state index is 0.0118. The lowest BCUT2D eigenvalue weighted by atomic mass is 9.95. The average molecular weight is 615 g/mol. The highest BCUT2D eigenvalue weighted by Gasteiger charge is 2.27. The molecule has 0 aliphatic heterocycles. The smallest absolute Gasteiger partial charge is 0.243 e. The monoisotopic (exact) mass is 614 g/mol. The zero-order chi connectivity index (χ0) is 31.1. The van der Waals surface area contributed by atoms with Gasteiger partial charge in [0.05, 0.1) is 45.0 Å². The summed E-state index contributed by atoms with van der Waals surface area (Å²) in [6, 6.07) is 10.9. The molecule has 4 aromatic heterocycles. The fourth-order valence-corrected chi connectivity index (χ4v) is 6.02. The summed E-state index contributed by atoms with van der Waals surface area (Å²) in [6.45, 7) is 6.61. The van der Waals surface area contributed by atoms with E-state index in [4.69, 9.17) is 9.72 Å². The van der Waals surface area contributed by atoms with Crippen LogP contribution in [0.1, 0.15) is 25.6 Å². The zero-order valence-electron chi connectivity index (χ0n) is 24.1. The summed E-state index contributed by atoms with van der Waals surface area (Å²) in [5.74, 6) is -2.11. The first kappa shape index (κ1) is 29.1. The van der Waals surface area contributed by atoms with E-state index in [2.05, 4.69) is 27.2 Å². The number of aryl methyl sites for hydroxylation is 1. The first-order valence-corrected chi connectivity index (χ1v) is 14.6. The Balaban J connectivity index is 1.62. The number of H-pyrrole nitrogens is 1. The molecular weight excluding hydrogens is 586 g/mol. The number of aliphatic hydroxyl groups is 1. The molecule has 1 amide bonds. The topological polar surface area (TPSA) is 118 Å². The van der Waals surface area contributed by atoms with Crippen LogP contribution in [0.15, 0.2) is 66.7 Å². The first-order valence-electron chi connectivity index (χ1n) is 13.8. The second kappa shape index (κ2) is 11.6. The molecule has 2 aromatic carbocycles. The Kier molecular flexibility index (Phi) is 7.70. The van der Waals surface area contributed by atoms with Crippen molar-refractivity contribution < 1.29 is 23.4 Å². The number of pyridine rings is 1. The number of nitrogens with one attached hydrogen (secondary N) is 2. The van der Waals surface area contributed by atoms with Crippen LogP contribution in [-0.2, 0) is 11.8 Å². The minimum atomic E-state index is -0.877.